The first kappa shape index (κ1) is 16.0. The molecule has 0 unspecified atom stereocenters. The monoisotopic (exact) mass is 296 g/mol. The molecule has 0 saturated carbocycles. The largest absolute Gasteiger partial charge is 1.00 e. The van der Waals surface area contributed by atoms with E-state index < -0.39 is 4.92 Å². The summed E-state index contributed by atoms with van der Waals surface area (Å²) in [6.45, 7) is 2.20. The predicted molar refractivity (Wildman–Crippen MR) is 72.0 cm³/mol. The lowest BCUT2D eigenvalue weighted by atomic mass is 10.3. The zero-order chi connectivity index (χ0) is 13.5. The van der Waals surface area contributed by atoms with Gasteiger partial charge in [0, 0.05) is 30.9 Å². The lowest BCUT2D eigenvalue weighted by Gasteiger charge is -2.06. The third-order valence-corrected chi connectivity index (χ3v) is 2.59. The second-order valence-electron chi connectivity index (χ2n) is 3.99. The summed E-state index contributed by atoms with van der Waals surface area (Å²) < 4.78 is 5.19. The molecular formula is C13H15ClN3O3-. The van der Waals surface area contributed by atoms with Crippen LogP contribution >= 0.6 is 0 Å². The van der Waals surface area contributed by atoms with Crippen molar-refractivity contribution >= 4 is 11.4 Å². The number of rotatable bonds is 7. The van der Waals surface area contributed by atoms with Crippen LogP contribution in [0.1, 0.15) is 5.76 Å². The highest BCUT2D eigenvalue weighted by Crippen LogP contribution is 2.14. The van der Waals surface area contributed by atoms with Crippen LogP contribution in [0.25, 0.3) is 0 Å². The summed E-state index contributed by atoms with van der Waals surface area (Å²) in [4.78, 5) is 10.1. The van der Waals surface area contributed by atoms with Crippen LogP contribution in [0.15, 0.2) is 47.1 Å². The number of anilines is 1. The number of halogens is 1. The predicted octanol–water partition coefficient (Wildman–Crippen LogP) is -0.607. The first-order valence-electron chi connectivity index (χ1n) is 5.97. The summed E-state index contributed by atoms with van der Waals surface area (Å²) in [7, 11) is 0. The molecule has 7 heteroatoms. The molecule has 1 heterocycles. The minimum atomic E-state index is -0.408. The second-order valence-corrected chi connectivity index (χ2v) is 3.99. The summed E-state index contributed by atoms with van der Waals surface area (Å²) in [6, 6.07) is 10.1. The number of nitro benzene ring substituents is 1. The number of nitrogens with one attached hydrogen (secondary N) is 2. The summed E-state index contributed by atoms with van der Waals surface area (Å²) in [5.74, 6) is 0.898. The van der Waals surface area contributed by atoms with Gasteiger partial charge in [-0.25, -0.2) is 0 Å². The maximum Gasteiger partial charge on any atom is 0.269 e. The molecule has 1 aromatic heterocycles. The number of nitro groups is 1. The van der Waals surface area contributed by atoms with E-state index in [9.17, 15) is 10.1 Å². The average Bonchev–Trinajstić information content (AvgIpc) is 2.92. The van der Waals surface area contributed by atoms with Gasteiger partial charge in [0.05, 0.1) is 17.7 Å². The molecule has 2 N–H and O–H groups in total. The van der Waals surface area contributed by atoms with Crippen molar-refractivity contribution in [2.75, 3.05) is 18.4 Å². The van der Waals surface area contributed by atoms with Gasteiger partial charge in [-0.3, -0.25) is 10.1 Å². The zero-order valence-corrected chi connectivity index (χ0v) is 11.5. The highest BCUT2D eigenvalue weighted by Gasteiger charge is 2.03. The van der Waals surface area contributed by atoms with E-state index in [1.165, 1.54) is 12.1 Å². The SMILES string of the molecule is O=[N+]([O-])c1ccc(NCCNCc2ccco2)cc1.[Cl-]. The summed E-state index contributed by atoms with van der Waals surface area (Å²) in [5.41, 5.74) is 0.965. The van der Waals surface area contributed by atoms with E-state index in [0.29, 0.717) is 6.54 Å². The molecule has 2 aromatic rings. The number of nitrogens with zero attached hydrogens (tertiary/aromatic N) is 1. The Morgan fingerprint density at radius 2 is 1.90 bits per heavy atom. The van der Waals surface area contributed by atoms with Crippen LogP contribution in [0.2, 0.25) is 0 Å². The average molecular weight is 297 g/mol. The van der Waals surface area contributed by atoms with Gasteiger partial charge in [0.1, 0.15) is 5.76 Å². The van der Waals surface area contributed by atoms with E-state index in [1.54, 1.807) is 18.4 Å². The van der Waals surface area contributed by atoms with Gasteiger partial charge in [-0.05, 0) is 24.3 Å². The number of hydrogen-bond donors (Lipinski definition) is 2. The standard InChI is InChI=1S/C13H15N3O3.ClH/c17-16(18)12-5-3-11(4-6-12)15-8-7-14-10-13-2-1-9-19-13;/h1-6,9,14-15H,7-8,10H2;1H/p-1. The molecule has 1 aromatic carbocycles. The van der Waals surface area contributed by atoms with Crippen LogP contribution in [-0.2, 0) is 6.54 Å². The van der Waals surface area contributed by atoms with Crippen molar-refractivity contribution in [1.82, 2.24) is 5.32 Å². The van der Waals surface area contributed by atoms with Gasteiger partial charge in [-0.15, -0.1) is 0 Å². The molecule has 0 atom stereocenters. The molecule has 0 bridgehead atoms. The fraction of sp³-hybridized carbons (Fsp3) is 0.231. The van der Waals surface area contributed by atoms with Crippen molar-refractivity contribution in [3.05, 3.63) is 58.5 Å². The molecule has 0 saturated heterocycles. The Morgan fingerprint density at radius 1 is 1.15 bits per heavy atom. The van der Waals surface area contributed by atoms with Crippen molar-refractivity contribution in [1.29, 1.82) is 0 Å². The maximum absolute atomic E-state index is 10.5. The van der Waals surface area contributed by atoms with Crippen LogP contribution in [0.5, 0.6) is 0 Å². The highest BCUT2D eigenvalue weighted by atomic mass is 35.5. The molecule has 6 nitrogen and oxygen atoms in total. The third kappa shape index (κ3) is 4.91. The van der Waals surface area contributed by atoms with Gasteiger partial charge < -0.3 is 27.5 Å². The molecule has 0 aliphatic heterocycles. The van der Waals surface area contributed by atoms with Crippen LogP contribution in [0.3, 0.4) is 0 Å². The molecule has 0 aliphatic rings. The van der Waals surface area contributed by atoms with Gasteiger partial charge >= 0.3 is 0 Å². The Kier molecular flexibility index (Phi) is 6.55. The van der Waals surface area contributed by atoms with Crippen LogP contribution in [-0.4, -0.2) is 18.0 Å². The normalized spacial score (nSPS) is 9.80. The third-order valence-electron chi connectivity index (χ3n) is 2.59. The minimum Gasteiger partial charge on any atom is -1.00 e. The summed E-state index contributed by atoms with van der Waals surface area (Å²) in [5, 5.41) is 16.9. The summed E-state index contributed by atoms with van der Waals surface area (Å²) >= 11 is 0. The van der Waals surface area contributed by atoms with Crippen molar-refractivity contribution in [2.45, 2.75) is 6.54 Å². The number of hydrogen-bond acceptors (Lipinski definition) is 5. The van der Waals surface area contributed by atoms with Crippen molar-refractivity contribution in [3.8, 4) is 0 Å². The minimum absolute atomic E-state index is 0. The molecule has 0 fully saturated rings. The van der Waals surface area contributed by atoms with Gasteiger partial charge in [0.25, 0.3) is 5.69 Å². The van der Waals surface area contributed by atoms with Crippen LogP contribution < -0.4 is 23.0 Å². The quantitative estimate of drug-likeness (QED) is 0.405. The molecule has 0 amide bonds. The first-order valence-corrected chi connectivity index (χ1v) is 5.97. The fourth-order valence-electron chi connectivity index (χ4n) is 1.62. The number of furan rings is 1. The molecule has 2 rings (SSSR count). The van der Waals surface area contributed by atoms with Gasteiger partial charge in [0.15, 0.2) is 0 Å². The fourth-order valence-corrected chi connectivity index (χ4v) is 1.62. The first-order chi connectivity index (χ1) is 9.25. The Balaban J connectivity index is 0.00000200. The second kappa shape index (κ2) is 8.19. The number of non-ortho nitro benzene ring substituents is 1. The van der Waals surface area contributed by atoms with E-state index in [-0.39, 0.29) is 18.1 Å². The smallest absolute Gasteiger partial charge is 0.269 e. The molecule has 0 aliphatic carbocycles. The lowest BCUT2D eigenvalue weighted by molar-refractivity contribution is -0.384. The number of benzene rings is 1. The van der Waals surface area contributed by atoms with E-state index in [0.717, 1.165) is 24.5 Å². The molecule has 108 valence electrons. The van der Waals surface area contributed by atoms with Gasteiger partial charge in [0.2, 0.25) is 0 Å². The Hall–Kier alpha value is -2.05. The lowest BCUT2D eigenvalue weighted by Crippen LogP contribution is -3.00. The van der Waals surface area contributed by atoms with E-state index in [2.05, 4.69) is 10.6 Å². The van der Waals surface area contributed by atoms with Gasteiger partial charge in [-0.1, -0.05) is 0 Å². The van der Waals surface area contributed by atoms with Gasteiger partial charge in [-0.2, -0.15) is 0 Å². The Labute approximate surface area is 122 Å². The van der Waals surface area contributed by atoms with Crippen molar-refractivity contribution in [3.63, 3.8) is 0 Å². The van der Waals surface area contributed by atoms with E-state index in [1.807, 2.05) is 12.1 Å². The molecule has 20 heavy (non-hydrogen) atoms. The van der Waals surface area contributed by atoms with Crippen molar-refractivity contribution in [2.24, 2.45) is 0 Å². The van der Waals surface area contributed by atoms with Crippen LogP contribution in [0, 0.1) is 10.1 Å². The Bertz CT molecular complexity index is 514. The van der Waals surface area contributed by atoms with E-state index in [4.69, 9.17) is 4.42 Å². The molecule has 0 spiro atoms. The van der Waals surface area contributed by atoms with E-state index >= 15 is 0 Å². The maximum atomic E-state index is 10.5. The summed E-state index contributed by atoms with van der Waals surface area (Å²) in [6.07, 6.45) is 1.64. The van der Waals surface area contributed by atoms with Crippen molar-refractivity contribution < 1.29 is 21.7 Å². The molecular weight excluding hydrogens is 282 g/mol. The molecule has 0 radical (unpaired) electrons. The Morgan fingerprint density at radius 3 is 2.50 bits per heavy atom. The topological polar surface area (TPSA) is 80.3 Å². The van der Waals surface area contributed by atoms with Crippen LogP contribution in [0.4, 0.5) is 11.4 Å². The highest BCUT2D eigenvalue weighted by molar-refractivity contribution is 5.48. The zero-order valence-electron chi connectivity index (χ0n) is 10.7.